The Kier molecular flexibility index (Phi) is 4.36. The summed E-state index contributed by atoms with van der Waals surface area (Å²) in [4.78, 5) is 6.45. The quantitative estimate of drug-likeness (QED) is 0.209. The van der Waals surface area contributed by atoms with Crippen molar-refractivity contribution in [1.29, 1.82) is 0 Å². The van der Waals surface area contributed by atoms with E-state index in [1.165, 1.54) is 70.1 Å². The molecule has 9 aromatic rings. The molecule has 0 N–H and O–H groups in total. The van der Waals surface area contributed by atoms with Crippen molar-refractivity contribution in [1.82, 2.24) is 9.55 Å². The second-order valence-electron chi connectivity index (χ2n) is 11.1. The normalized spacial score (nSPS) is 12.3. The minimum Gasteiger partial charge on any atom is -0.309 e. The number of fused-ring (bicyclic) bond motifs is 10. The Labute approximate surface area is 245 Å². The number of hydrogen-bond donors (Lipinski definition) is 0. The third-order valence-electron chi connectivity index (χ3n) is 8.95. The molecule has 194 valence electrons. The number of rotatable bonds is 2. The van der Waals surface area contributed by atoms with Gasteiger partial charge in [-0.1, -0.05) is 97.1 Å². The molecular weight excluding hydrogens is 529 g/mol. The van der Waals surface area contributed by atoms with Gasteiger partial charge in [-0.2, -0.15) is 0 Å². The Morgan fingerprint density at radius 1 is 0.476 bits per heavy atom. The Morgan fingerprint density at radius 3 is 1.74 bits per heavy atom. The lowest BCUT2D eigenvalue weighted by Gasteiger charge is -2.09. The molecule has 0 spiro atoms. The van der Waals surface area contributed by atoms with Crippen LogP contribution in [0.2, 0.25) is 0 Å². The van der Waals surface area contributed by atoms with Crippen LogP contribution in [0.25, 0.3) is 92.1 Å². The molecule has 1 aliphatic rings. The molecule has 0 bridgehead atoms. The van der Waals surface area contributed by atoms with E-state index in [4.69, 9.17) is 4.98 Å². The maximum Gasteiger partial charge on any atom is 0.124 e. The van der Waals surface area contributed by atoms with Crippen LogP contribution in [0.3, 0.4) is 0 Å². The summed E-state index contributed by atoms with van der Waals surface area (Å²) < 4.78 is 2.42. The Bertz CT molecular complexity index is 2420. The molecule has 0 unspecified atom stereocenters. The van der Waals surface area contributed by atoms with Crippen LogP contribution in [-0.4, -0.2) is 9.55 Å². The molecule has 0 saturated heterocycles. The highest BCUT2D eigenvalue weighted by Gasteiger charge is 2.26. The van der Waals surface area contributed by atoms with E-state index in [0.29, 0.717) is 0 Å². The second kappa shape index (κ2) is 8.16. The molecule has 2 aromatic heterocycles. The lowest BCUT2D eigenvalue weighted by atomic mass is 10.00. The molecule has 10 rings (SSSR count). The van der Waals surface area contributed by atoms with E-state index >= 15 is 0 Å². The summed E-state index contributed by atoms with van der Waals surface area (Å²) in [5.74, 6) is 0. The average molecular weight is 551 g/mol. The van der Waals surface area contributed by atoms with Crippen molar-refractivity contribution in [3.63, 3.8) is 0 Å². The number of aromatic nitrogens is 2. The fourth-order valence-corrected chi connectivity index (χ4v) is 8.23. The molecule has 0 fully saturated rings. The average Bonchev–Trinajstić information content (AvgIpc) is 3.72. The second-order valence-corrected chi connectivity index (χ2v) is 12.1. The Hall–Kier alpha value is -5.25. The fourth-order valence-electron chi connectivity index (χ4n) is 7.12. The van der Waals surface area contributed by atoms with E-state index in [1.807, 2.05) is 0 Å². The van der Waals surface area contributed by atoms with Gasteiger partial charge >= 0.3 is 0 Å². The standard InChI is InChI=1S/C39H22N2S/c1-3-11-28-23(7-1)17-21-32-35(28)36-29-12-4-2-8-24(29)18-22-33(36)41(32)27-19-15-26(16-20-27)39-40-37-30-13-5-9-25-10-6-14-31(34(25)30)38(37)42-39/h1-22H. The van der Waals surface area contributed by atoms with Gasteiger partial charge in [-0.25, -0.2) is 4.98 Å². The highest BCUT2D eigenvalue weighted by atomic mass is 32.1. The van der Waals surface area contributed by atoms with Crippen molar-refractivity contribution in [3.05, 3.63) is 133 Å². The lowest BCUT2D eigenvalue weighted by Crippen LogP contribution is -1.93. The summed E-state index contributed by atoms with van der Waals surface area (Å²) in [5.41, 5.74) is 8.44. The molecule has 0 saturated carbocycles. The molecule has 7 aromatic carbocycles. The zero-order valence-corrected chi connectivity index (χ0v) is 23.3. The van der Waals surface area contributed by atoms with E-state index < -0.39 is 0 Å². The first-order chi connectivity index (χ1) is 20.8. The zero-order chi connectivity index (χ0) is 27.4. The van der Waals surface area contributed by atoms with Crippen molar-refractivity contribution in [2.75, 3.05) is 0 Å². The molecule has 0 radical (unpaired) electrons. The summed E-state index contributed by atoms with van der Waals surface area (Å²) >= 11 is 1.80. The molecule has 0 aliphatic heterocycles. The van der Waals surface area contributed by atoms with Crippen molar-refractivity contribution in [2.45, 2.75) is 0 Å². The smallest absolute Gasteiger partial charge is 0.124 e. The van der Waals surface area contributed by atoms with Gasteiger partial charge in [0.05, 0.1) is 21.6 Å². The predicted octanol–water partition coefficient (Wildman–Crippen LogP) is 11.0. The first-order valence-corrected chi connectivity index (χ1v) is 15.1. The molecule has 0 atom stereocenters. The molecule has 2 heterocycles. The molecule has 42 heavy (non-hydrogen) atoms. The van der Waals surface area contributed by atoms with E-state index in [2.05, 4.69) is 138 Å². The van der Waals surface area contributed by atoms with Crippen LogP contribution in [0.4, 0.5) is 0 Å². The van der Waals surface area contributed by atoms with Gasteiger partial charge in [0, 0.05) is 33.2 Å². The monoisotopic (exact) mass is 550 g/mol. The van der Waals surface area contributed by atoms with Gasteiger partial charge in [0.2, 0.25) is 0 Å². The van der Waals surface area contributed by atoms with Crippen LogP contribution in [-0.2, 0) is 0 Å². The molecule has 0 amide bonds. The number of hydrogen-bond acceptors (Lipinski definition) is 2. The van der Waals surface area contributed by atoms with Crippen molar-refractivity contribution < 1.29 is 0 Å². The van der Waals surface area contributed by atoms with Crippen LogP contribution < -0.4 is 0 Å². The van der Waals surface area contributed by atoms with Gasteiger partial charge < -0.3 is 4.57 Å². The van der Waals surface area contributed by atoms with Gasteiger partial charge in [0.15, 0.2) is 0 Å². The van der Waals surface area contributed by atoms with Crippen LogP contribution >= 0.6 is 11.3 Å². The third kappa shape index (κ3) is 2.90. The summed E-state index contributed by atoms with van der Waals surface area (Å²) in [6.45, 7) is 0. The SMILES string of the molecule is c1cc2c3c(cccc3c1)-c1sc(-c3ccc(-n4c5ccc6ccccc6c5c5c6ccccc6ccc54)cc3)nc1-2. The highest BCUT2D eigenvalue weighted by Crippen LogP contribution is 2.51. The summed E-state index contributed by atoms with van der Waals surface area (Å²) in [7, 11) is 0. The lowest BCUT2D eigenvalue weighted by molar-refractivity contribution is 1.18. The van der Waals surface area contributed by atoms with E-state index in [9.17, 15) is 0 Å². The van der Waals surface area contributed by atoms with Crippen LogP contribution in [0.1, 0.15) is 0 Å². The zero-order valence-electron chi connectivity index (χ0n) is 22.5. The molecule has 3 heteroatoms. The molecule has 1 aliphatic carbocycles. The van der Waals surface area contributed by atoms with Crippen LogP contribution in [0.5, 0.6) is 0 Å². The van der Waals surface area contributed by atoms with E-state index in [1.54, 1.807) is 11.3 Å². The fraction of sp³-hybridized carbons (Fsp3) is 0. The van der Waals surface area contributed by atoms with Gasteiger partial charge in [-0.3, -0.25) is 0 Å². The van der Waals surface area contributed by atoms with Gasteiger partial charge in [-0.05, 0) is 68.7 Å². The van der Waals surface area contributed by atoms with Gasteiger partial charge in [0.25, 0.3) is 0 Å². The van der Waals surface area contributed by atoms with Crippen molar-refractivity contribution >= 4 is 65.5 Å². The van der Waals surface area contributed by atoms with E-state index in [0.717, 1.165) is 22.0 Å². The highest BCUT2D eigenvalue weighted by molar-refractivity contribution is 7.19. The topological polar surface area (TPSA) is 17.8 Å². The first-order valence-electron chi connectivity index (χ1n) is 14.3. The molecule has 2 nitrogen and oxygen atoms in total. The van der Waals surface area contributed by atoms with Crippen molar-refractivity contribution in [3.8, 4) is 38.0 Å². The van der Waals surface area contributed by atoms with Gasteiger partial charge in [-0.15, -0.1) is 11.3 Å². The Balaban J connectivity index is 1.17. The van der Waals surface area contributed by atoms with E-state index in [-0.39, 0.29) is 0 Å². The number of nitrogens with zero attached hydrogens (tertiary/aromatic N) is 2. The van der Waals surface area contributed by atoms with Crippen LogP contribution in [0, 0.1) is 0 Å². The summed E-state index contributed by atoms with van der Waals surface area (Å²) in [5, 5.41) is 11.4. The maximum absolute atomic E-state index is 5.17. The molecular formula is C39H22N2S. The minimum atomic E-state index is 1.07. The largest absolute Gasteiger partial charge is 0.309 e. The van der Waals surface area contributed by atoms with Crippen molar-refractivity contribution in [2.24, 2.45) is 0 Å². The minimum absolute atomic E-state index is 1.07. The third-order valence-corrected chi connectivity index (χ3v) is 10.1. The Morgan fingerprint density at radius 2 is 1.07 bits per heavy atom. The van der Waals surface area contributed by atoms with Gasteiger partial charge in [0.1, 0.15) is 5.01 Å². The summed E-state index contributed by atoms with van der Waals surface area (Å²) in [6.07, 6.45) is 0. The first kappa shape index (κ1) is 22.4. The summed E-state index contributed by atoms with van der Waals surface area (Å²) in [6, 6.07) is 48.6. The number of benzene rings is 7. The predicted molar refractivity (Wildman–Crippen MR) is 179 cm³/mol. The maximum atomic E-state index is 5.17. The van der Waals surface area contributed by atoms with Crippen LogP contribution in [0.15, 0.2) is 133 Å². The number of thiazole rings is 1.